The number of nitrogens with one attached hydrogen (secondary N) is 1. The molecule has 0 atom stereocenters. The first-order valence-corrected chi connectivity index (χ1v) is 10.6. The molecule has 0 spiro atoms. The minimum absolute atomic E-state index is 0.0600. The summed E-state index contributed by atoms with van der Waals surface area (Å²) < 4.78 is 5.48. The minimum atomic E-state index is -1.11. The predicted octanol–water partition coefficient (Wildman–Crippen LogP) is 1.34. The summed E-state index contributed by atoms with van der Waals surface area (Å²) in [7, 11) is 0. The Bertz CT molecular complexity index is 1160. The van der Waals surface area contributed by atoms with Gasteiger partial charge in [0.1, 0.15) is 22.5 Å². The van der Waals surface area contributed by atoms with Crippen molar-refractivity contribution in [1.82, 2.24) is 20.3 Å². The fraction of sp³-hybridized carbons (Fsp3) is 0.364. The lowest BCUT2D eigenvalue weighted by Crippen LogP contribution is -2.43. The van der Waals surface area contributed by atoms with E-state index in [-0.39, 0.29) is 11.4 Å². The van der Waals surface area contributed by atoms with Crippen molar-refractivity contribution in [3.63, 3.8) is 0 Å². The topological polar surface area (TPSA) is 124 Å². The highest BCUT2D eigenvalue weighted by Crippen LogP contribution is 2.34. The number of carboxylic acid groups (broad SMARTS) is 1. The first-order valence-electron chi connectivity index (χ1n) is 10.6. The van der Waals surface area contributed by atoms with Crippen molar-refractivity contribution in [3.05, 3.63) is 36.0 Å². The standard InChI is InChI=1S/C22H24N6O4/c29-15-3-1-2-14(12-15)18-20-19(26-22(25-18)28-8-10-32-11-9-28)17(13-16(24-20)21(30)31)27-6-4-23-5-7-27/h1-3,12-13,23,29H,4-11H2,(H,30,31). The van der Waals surface area contributed by atoms with Crippen LogP contribution in [0, 0.1) is 0 Å². The molecule has 0 unspecified atom stereocenters. The first kappa shape index (κ1) is 20.4. The molecule has 10 nitrogen and oxygen atoms in total. The summed E-state index contributed by atoms with van der Waals surface area (Å²) in [6.07, 6.45) is 0. The number of fused-ring (bicyclic) bond motifs is 1. The highest BCUT2D eigenvalue weighted by atomic mass is 16.5. The van der Waals surface area contributed by atoms with Crippen molar-refractivity contribution < 1.29 is 19.7 Å². The monoisotopic (exact) mass is 436 g/mol. The number of phenolic OH excluding ortho intramolecular Hbond substituents is 1. The molecule has 5 rings (SSSR count). The van der Waals surface area contributed by atoms with E-state index in [2.05, 4.69) is 20.1 Å². The fourth-order valence-corrected chi connectivity index (χ4v) is 4.09. The summed E-state index contributed by atoms with van der Waals surface area (Å²) >= 11 is 0. The molecule has 3 N–H and O–H groups in total. The maximum atomic E-state index is 11.9. The molecular weight excluding hydrogens is 412 g/mol. The van der Waals surface area contributed by atoms with E-state index < -0.39 is 5.97 Å². The Balaban J connectivity index is 1.78. The van der Waals surface area contributed by atoms with Gasteiger partial charge in [0.05, 0.1) is 18.9 Å². The van der Waals surface area contributed by atoms with Crippen LogP contribution in [-0.4, -0.2) is 83.6 Å². The second-order valence-corrected chi connectivity index (χ2v) is 7.79. The average molecular weight is 436 g/mol. The van der Waals surface area contributed by atoms with Gasteiger partial charge in [0.15, 0.2) is 5.69 Å². The van der Waals surface area contributed by atoms with E-state index in [0.29, 0.717) is 54.5 Å². The smallest absolute Gasteiger partial charge is 0.354 e. The van der Waals surface area contributed by atoms with Crippen LogP contribution in [0.15, 0.2) is 30.3 Å². The molecule has 2 aliphatic rings. The third-order valence-corrected chi connectivity index (χ3v) is 5.71. The summed E-state index contributed by atoms with van der Waals surface area (Å²) in [6.45, 7) is 5.56. The number of morpholine rings is 1. The number of anilines is 2. The van der Waals surface area contributed by atoms with Crippen LogP contribution in [0.4, 0.5) is 11.6 Å². The average Bonchev–Trinajstić information content (AvgIpc) is 2.83. The largest absolute Gasteiger partial charge is 0.508 e. The third kappa shape index (κ3) is 3.90. The molecule has 2 aliphatic heterocycles. The van der Waals surface area contributed by atoms with Crippen LogP contribution in [0.3, 0.4) is 0 Å². The number of aromatic hydroxyl groups is 1. The molecule has 2 fully saturated rings. The number of aromatic carboxylic acids is 1. The molecule has 2 saturated heterocycles. The normalized spacial score (nSPS) is 17.0. The van der Waals surface area contributed by atoms with E-state index in [0.717, 1.165) is 31.9 Å². The van der Waals surface area contributed by atoms with Gasteiger partial charge in [-0.3, -0.25) is 0 Å². The van der Waals surface area contributed by atoms with Gasteiger partial charge >= 0.3 is 5.97 Å². The molecule has 166 valence electrons. The van der Waals surface area contributed by atoms with Crippen molar-refractivity contribution in [2.45, 2.75) is 0 Å². The van der Waals surface area contributed by atoms with Crippen LogP contribution in [0.25, 0.3) is 22.3 Å². The zero-order valence-corrected chi connectivity index (χ0v) is 17.5. The summed E-state index contributed by atoms with van der Waals surface area (Å²) in [4.78, 5) is 30.2. The van der Waals surface area contributed by atoms with Gasteiger partial charge in [0.25, 0.3) is 0 Å². The number of nitrogens with zero attached hydrogens (tertiary/aromatic N) is 5. The highest BCUT2D eigenvalue weighted by molar-refractivity contribution is 6.01. The molecule has 1 aromatic carbocycles. The molecule has 10 heteroatoms. The third-order valence-electron chi connectivity index (χ3n) is 5.71. The van der Waals surface area contributed by atoms with Crippen LogP contribution >= 0.6 is 0 Å². The summed E-state index contributed by atoms with van der Waals surface area (Å²) in [6, 6.07) is 8.33. The predicted molar refractivity (Wildman–Crippen MR) is 120 cm³/mol. The maximum Gasteiger partial charge on any atom is 0.354 e. The van der Waals surface area contributed by atoms with Gasteiger partial charge in [0.2, 0.25) is 5.95 Å². The Hall–Kier alpha value is -3.50. The number of rotatable bonds is 4. The maximum absolute atomic E-state index is 11.9. The molecular formula is C22H24N6O4. The Labute approximate surface area is 184 Å². The van der Waals surface area contributed by atoms with Crippen LogP contribution in [-0.2, 0) is 4.74 Å². The number of phenols is 1. The second-order valence-electron chi connectivity index (χ2n) is 7.79. The van der Waals surface area contributed by atoms with Gasteiger partial charge in [-0.25, -0.2) is 19.7 Å². The number of benzene rings is 1. The van der Waals surface area contributed by atoms with Crippen LogP contribution < -0.4 is 15.1 Å². The molecule has 32 heavy (non-hydrogen) atoms. The quantitative estimate of drug-likeness (QED) is 0.552. The van der Waals surface area contributed by atoms with Crippen LogP contribution in [0.2, 0.25) is 0 Å². The van der Waals surface area contributed by atoms with Crippen molar-refractivity contribution in [2.24, 2.45) is 0 Å². The van der Waals surface area contributed by atoms with Gasteiger partial charge in [-0.1, -0.05) is 12.1 Å². The summed E-state index contributed by atoms with van der Waals surface area (Å²) in [5, 5.41) is 23.1. The number of hydrogen-bond acceptors (Lipinski definition) is 9. The van der Waals surface area contributed by atoms with E-state index in [1.165, 1.54) is 0 Å². The van der Waals surface area contributed by atoms with Crippen LogP contribution in [0.1, 0.15) is 10.5 Å². The summed E-state index contributed by atoms with van der Waals surface area (Å²) in [5.41, 5.74) is 2.82. The molecule has 0 bridgehead atoms. The zero-order valence-electron chi connectivity index (χ0n) is 17.5. The number of piperazine rings is 1. The molecule has 0 radical (unpaired) electrons. The van der Waals surface area contributed by atoms with Crippen molar-refractivity contribution in [2.75, 3.05) is 62.3 Å². The minimum Gasteiger partial charge on any atom is -0.508 e. The van der Waals surface area contributed by atoms with Crippen molar-refractivity contribution in [3.8, 4) is 17.0 Å². The lowest BCUT2D eigenvalue weighted by atomic mass is 10.1. The molecule has 0 saturated carbocycles. The Kier molecular flexibility index (Phi) is 5.46. The van der Waals surface area contributed by atoms with Gasteiger partial charge in [-0.05, 0) is 18.2 Å². The van der Waals surface area contributed by atoms with Gasteiger partial charge in [-0.15, -0.1) is 0 Å². The lowest BCUT2D eigenvalue weighted by molar-refractivity contribution is 0.0691. The fourth-order valence-electron chi connectivity index (χ4n) is 4.09. The molecule has 0 aliphatic carbocycles. The Morgan fingerprint density at radius 1 is 0.969 bits per heavy atom. The Morgan fingerprint density at radius 3 is 2.47 bits per heavy atom. The highest BCUT2D eigenvalue weighted by Gasteiger charge is 2.24. The van der Waals surface area contributed by atoms with Crippen LogP contribution in [0.5, 0.6) is 5.75 Å². The lowest BCUT2D eigenvalue weighted by Gasteiger charge is -2.31. The van der Waals surface area contributed by atoms with Crippen molar-refractivity contribution >= 4 is 28.6 Å². The summed E-state index contributed by atoms with van der Waals surface area (Å²) in [5.74, 6) is -0.471. The van der Waals surface area contributed by atoms with E-state index in [1.807, 2.05) is 6.07 Å². The molecule has 4 heterocycles. The number of ether oxygens (including phenoxy) is 1. The van der Waals surface area contributed by atoms with Gasteiger partial charge < -0.3 is 30.1 Å². The zero-order chi connectivity index (χ0) is 22.1. The number of hydrogen-bond donors (Lipinski definition) is 3. The second kappa shape index (κ2) is 8.56. The Morgan fingerprint density at radius 2 is 1.75 bits per heavy atom. The van der Waals surface area contributed by atoms with E-state index in [1.54, 1.807) is 24.3 Å². The number of carboxylic acids is 1. The number of aromatic nitrogens is 3. The van der Waals surface area contributed by atoms with E-state index in [4.69, 9.17) is 14.7 Å². The number of carbonyl (C=O) groups is 1. The van der Waals surface area contributed by atoms with E-state index >= 15 is 0 Å². The van der Waals surface area contributed by atoms with Crippen molar-refractivity contribution in [1.29, 1.82) is 0 Å². The first-order chi connectivity index (χ1) is 15.6. The van der Waals surface area contributed by atoms with E-state index in [9.17, 15) is 15.0 Å². The van der Waals surface area contributed by atoms with Gasteiger partial charge in [0, 0.05) is 44.8 Å². The number of pyridine rings is 1. The molecule has 2 aromatic heterocycles. The SMILES string of the molecule is O=C(O)c1cc(N2CCNCC2)c2nc(N3CCOCC3)nc(-c3cccc(O)c3)c2n1. The molecule has 3 aromatic rings. The van der Waals surface area contributed by atoms with Gasteiger partial charge in [-0.2, -0.15) is 0 Å². The molecule has 0 amide bonds.